The van der Waals surface area contributed by atoms with Crippen LogP contribution in [0.1, 0.15) is 52.4 Å². The van der Waals surface area contributed by atoms with Crippen LogP contribution < -0.4 is 11.1 Å². The fraction of sp³-hybridized carbons (Fsp3) is 1.00. The lowest BCUT2D eigenvalue weighted by molar-refractivity contribution is 0.114. The monoisotopic (exact) mass is 210 g/mol. The van der Waals surface area contributed by atoms with Gasteiger partial charge in [0.05, 0.1) is 0 Å². The van der Waals surface area contributed by atoms with Crippen LogP contribution in [0.3, 0.4) is 0 Å². The average molecular weight is 210 g/mol. The van der Waals surface area contributed by atoms with E-state index < -0.39 is 0 Å². The van der Waals surface area contributed by atoms with Crippen molar-refractivity contribution in [2.24, 2.45) is 17.1 Å². The van der Waals surface area contributed by atoms with E-state index in [1.54, 1.807) is 0 Å². The Morgan fingerprint density at radius 3 is 2.27 bits per heavy atom. The molecule has 3 N–H and O–H groups in total. The molecule has 0 radical (unpaired) electrons. The molecule has 2 aliphatic carbocycles. The summed E-state index contributed by atoms with van der Waals surface area (Å²) in [6, 6.07) is 0.992. The molecule has 0 aromatic rings. The van der Waals surface area contributed by atoms with Gasteiger partial charge >= 0.3 is 0 Å². The quantitative estimate of drug-likeness (QED) is 0.747. The van der Waals surface area contributed by atoms with Crippen molar-refractivity contribution in [1.82, 2.24) is 5.32 Å². The van der Waals surface area contributed by atoms with Gasteiger partial charge in [-0.1, -0.05) is 26.7 Å². The molecule has 2 heteroatoms. The maximum atomic E-state index is 6.07. The first-order chi connectivity index (χ1) is 7.09. The van der Waals surface area contributed by atoms with Crippen LogP contribution in [-0.2, 0) is 0 Å². The molecule has 0 aromatic heterocycles. The molecule has 0 saturated heterocycles. The third kappa shape index (κ3) is 2.54. The second kappa shape index (κ2) is 4.42. The van der Waals surface area contributed by atoms with Gasteiger partial charge in [-0.15, -0.1) is 0 Å². The summed E-state index contributed by atoms with van der Waals surface area (Å²) in [6.07, 6.45) is 8.11. The fourth-order valence-electron chi connectivity index (χ4n) is 2.97. The second-order valence-corrected chi connectivity index (χ2v) is 6.20. The van der Waals surface area contributed by atoms with Crippen molar-refractivity contribution in [2.45, 2.75) is 64.5 Å². The van der Waals surface area contributed by atoms with Gasteiger partial charge in [0.15, 0.2) is 0 Å². The fourth-order valence-corrected chi connectivity index (χ4v) is 2.97. The van der Waals surface area contributed by atoms with E-state index in [1.807, 2.05) is 0 Å². The Morgan fingerprint density at radius 2 is 1.80 bits per heavy atom. The summed E-state index contributed by atoms with van der Waals surface area (Å²) in [5, 5.41) is 3.70. The lowest BCUT2D eigenvalue weighted by Gasteiger charge is -2.41. The minimum atomic E-state index is 0.405. The number of nitrogens with two attached hydrogens (primary N) is 1. The van der Waals surface area contributed by atoms with Crippen LogP contribution in [0, 0.1) is 11.3 Å². The first-order valence-corrected chi connectivity index (χ1v) is 6.58. The van der Waals surface area contributed by atoms with Crippen molar-refractivity contribution >= 4 is 0 Å². The number of nitrogens with one attached hydrogen (secondary N) is 1. The molecule has 0 bridgehead atoms. The highest BCUT2D eigenvalue weighted by Gasteiger charge is 2.34. The molecule has 0 aliphatic heterocycles. The molecule has 0 spiro atoms. The van der Waals surface area contributed by atoms with Gasteiger partial charge in [0, 0.05) is 18.6 Å². The molecule has 2 atom stereocenters. The number of rotatable bonds is 4. The van der Waals surface area contributed by atoms with Crippen molar-refractivity contribution in [2.75, 3.05) is 6.54 Å². The first kappa shape index (κ1) is 11.4. The molecule has 2 rings (SSSR count). The molecule has 15 heavy (non-hydrogen) atoms. The summed E-state index contributed by atoms with van der Waals surface area (Å²) in [4.78, 5) is 0. The van der Waals surface area contributed by atoms with Gasteiger partial charge < -0.3 is 11.1 Å². The molecular weight excluding hydrogens is 184 g/mol. The van der Waals surface area contributed by atoms with Crippen molar-refractivity contribution in [1.29, 1.82) is 0 Å². The minimum Gasteiger partial charge on any atom is -0.326 e. The molecule has 2 saturated carbocycles. The second-order valence-electron chi connectivity index (χ2n) is 6.20. The van der Waals surface area contributed by atoms with Crippen LogP contribution in [-0.4, -0.2) is 18.6 Å². The highest BCUT2D eigenvalue weighted by Crippen LogP contribution is 2.41. The predicted molar refractivity (Wildman–Crippen MR) is 64.7 cm³/mol. The highest BCUT2D eigenvalue weighted by molar-refractivity contribution is 4.90. The molecule has 2 nitrogen and oxygen atoms in total. The molecule has 88 valence electrons. The number of hydrogen-bond donors (Lipinski definition) is 2. The predicted octanol–water partition coefficient (Wildman–Crippen LogP) is 2.28. The van der Waals surface area contributed by atoms with Crippen molar-refractivity contribution in [3.05, 3.63) is 0 Å². The van der Waals surface area contributed by atoms with Crippen LogP contribution in [0.15, 0.2) is 0 Å². The zero-order valence-electron chi connectivity index (χ0n) is 10.3. The van der Waals surface area contributed by atoms with E-state index in [0.29, 0.717) is 17.5 Å². The standard InChI is InChI=1S/C13H26N2/c1-13(2,10-5-3-6-10)9-15-12-8-4-7-11(12)14/h10-12,15H,3-9,14H2,1-2H3. The maximum Gasteiger partial charge on any atom is 0.0219 e. The Bertz CT molecular complexity index is 209. The van der Waals surface area contributed by atoms with E-state index in [9.17, 15) is 0 Å². The Labute approximate surface area is 94.0 Å². The van der Waals surface area contributed by atoms with Gasteiger partial charge in [-0.05, 0) is 37.0 Å². The summed E-state index contributed by atoms with van der Waals surface area (Å²) < 4.78 is 0. The summed E-state index contributed by atoms with van der Waals surface area (Å²) in [7, 11) is 0. The third-order valence-electron chi connectivity index (χ3n) is 4.60. The summed E-state index contributed by atoms with van der Waals surface area (Å²) in [5.74, 6) is 0.947. The third-order valence-corrected chi connectivity index (χ3v) is 4.60. The zero-order valence-corrected chi connectivity index (χ0v) is 10.3. The van der Waals surface area contributed by atoms with E-state index in [-0.39, 0.29) is 0 Å². The molecule has 2 aliphatic rings. The van der Waals surface area contributed by atoms with Gasteiger partial charge in [0.2, 0.25) is 0 Å². The van der Waals surface area contributed by atoms with Crippen LogP contribution in [0.2, 0.25) is 0 Å². The summed E-state index contributed by atoms with van der Waals surface area (Å²) in [5.41, 5.74) is 6.54. The van der Waals surface area contributed by atoms with Crippen molar-refractivity contribution < 1.29 is 0 Å². The Balaban J connectivity index is 1.76. The van der Waals surface area contributed by atoms with E-state index in [1.165, 1.54) is 38.5 Å². The van der Waals surface area contributed by atoms with Crippen LogP contribution in [0.25, 0.3) is 0 Å². The van der Waals surface area contributed by atoms with Crippen LogP contribution in [0.5, 0.6) is 0 Å². The van der Waals surface area contributed by atoms with E-state index in [4.69, 9.17) is 5.73 Å². The zero-order chi connectivity index (χ0) is 10.9. The highest BCUT2D eigenvalue weighted by atomic mass is 15.0. The molecule has 2 unspecified atom stereocenters. The topological polar surface area (TPSA) is 38.0 Å². The number of hydrogen-bond acceptors (Lipinski definition) is 2. The van der Waals surface area contributed by atoms with Crippen molar-refractivity contribution in [3.63, 3.8) is 0 Å². The molecule has 0 amide bonds. The van der Waals surface area contributed by atoms with Gasteiger partial charge in [0.1, 0.15) is 0 Å². The Hall–Kier alpha value is -0.0800. The SMILES string of the molecule is CC(C)(CNC1CCCC1N)C1CCC1. The molecule has 2 fully saturated rings. The van der Waals surface area contributed by atoms with Crippen LogP contribution >= 0.6 is 0 Å². The van der Waals surface area contributed by atoms with E-state index in [2.05, 4.69) is 19.2 Å². The molecule has 0 aromatic carbocycles. The van der Waals surface area contributed by atoms with Gasteiger partial charge in [-0.2, -0.15) is 0 Å². The van der Waals surface area contributed by atoms with E-state index in [0.717, 1.165) is 12.5 Å². The Morgan fingerprint density at radius 1 is 1.13 bits per heavy atom. The lowest BCUT2D eigenvalue weighted by Crippen LogP contribution is -2.47. The summed E-state index contributed by atoms with van der Waals surface area (Å²) in [6.45, 7) is 5.96. The van der Waals surface area contributed by atoms with Gasteiger partial charge in [0.25, 0.3) is 0 Å². The Kier molecular flexibility index (Phi) is 3.36. The maximum absolute atomic E-state index is 6.07. The molecule has 0 heterocycles. The molecular formula is C13H26N2. The summed E-state index contributed by atoms with van der Waals surface area (Å²) >= 11 is 0. The largest absolute Gasteiger partial charge is 0.326 e. The van der Waals surface area contributed by atoms with E-state index >= 15 is 0 Å². The van der Waals surface area contributed by atoms with Crippen LogP contribution in [0.4, 0.5) is 0 Å². The lowest BCUT2D eigenvalue weighted by atomic mass is 9.67. The average Bonchev–Trinajstić information content (AvgIpc) is 2.43. The van der Waals surface area contributed by atoms with Crippen molar-refractivity contribution in [3.8, 4) is 0 Å². The smallest absolute Gasteiger partial charge is 0.0219 e. The van der Waals surface area contributed by atoms with Gasteiger partial charge in [-0.25, -0.2) is 0 Å². The minimum absolute atomic E-state index is 0.405. The normalized spacial score (nSPS) is 33.0. The van der Waals surface area contributed by atoms with Gasteiger partial charge in [-0.3, -0.25) is 0 Å². The first-order valence-electron chi connectivity index (χ1n) is 6.58.